The number of hydrogen-bond acceptors (Lipinski definition) is 6. The Morgan fingerprint density at radius 3 is 1.36 bits per heavy atom. The average Bonchev–Trinajstić information content (AvgIpc) is 4.03. The third-order valence-corrected chi connectivity index (χ3v) is 10.2. The number of methoxy groups -OCH3 is 2. The molecule has 10 heteroatoms. The molecule has 0 spiro atoms. The number of fused-ring (bicyclic) bond motifs is 2. The summed E-state index contributed by atoms with van der Waals surface area (Å²) in [5, 5.41) is 20.5. The van der Waals surface area contributed by atoms with Gasteiger partial charge in [-0.2, -0.15) is 0 Å². The number of aromatic nitrogens is 8. The first kappa shape index (κ1) is 33.9. The summed E-state index contributed by atoms with van der Waals surface area (Å²) in [5.41, 5.74) is 10.1. The van der Waals surface area contributed by atoms with Crippen molar-refractivity contribution in [2.24, 2.45) is 0 Å². The fourth-order valence-corrected chi connectivity index (χ4v) is 7.61. The zero-order valence-corrected chi connectivity index (χ0v) is 30.7. The molecule has 9 aromatic rings. The van der Waals surface area contributed by atoms with E-state index in [-0.39, 0.29) is 5.92 Å². The molecule has 0 saturated carbocycles. The fourth-order valence-electron chi connectivity index (χ4n) is 7.61. The second-order valence-electron chi connectivity index (χ2n) is 13.8. The molecule has 0 saturated heterocycles. The van der Waals surface area contributed by atoms with Crippen molar-refractivity contribution in [1.29, 1.82) is 0 Å². The van der Waals surface area contributed by atoms with Crippen LogP contribution in [-0.4, -0.2) is 53.3 Å². The quantitative estimate of drug-likeness (QED) is 0.119. The van der Waals surface area contributed by atoms with Gasteiger partial charge in [0.1, 0.15) is 22.9 Å². The Labute approximate surface area is 318 Å². The van der Waals surface area contributed by atoms with E-state index < -0.39 is 0 Å². The second kappa shape index (κ2) is 14.8. The third kappa shape index (κ3) is 6.97. The van der Waals surface area contributed by atoms with E-state index in [1.807, 2.05) is 46.0 Å². The highest BCUT2D eigenvalue weighted by atomic mass is 16.5. The molecule has 0 radical (unpaired) electrons. The van der Waals surface area contributed by atoms with Gasteiger partial charge in [0.05, 0.1) is 52.8 Å². The molecule has 0 amide bonds. The van der Waals surface area contributed by atoms with Crippen LogP contribution in [0.5, 0.6) is 11.5 Å². The Balaban J connectivity index is 1.05. The molecule has 5 aromatic carbocycles. The fraction of sp³-hybridized carbons (Fsp3) is 0.156. The third-order valence-electron chi connectivity index (χ3n) is 10.2. The van der Waals surface area contributed by atoms with Crippen LogP contribution in [0.3, 0.4) is 0 Å². The SMILES string of the molecule is COc1ccc(Cn2cc(Cn3cc(C(c4ccccc4)c4cn(Cc5cn(Cc6ccc(OC)cc6)nn5)c5ccccc45)c4ccccc43)nn2)cc1. The van der Waals surface area contributed by atoms with Gasteiger partial charge in [0.15, 0.2) is 0 Å². The van der Waals surface area contributed by atoms with Gasteiger partial charge < -0.3 is 18.6 Å². The number of rotatable bonds is 13. The molecule has 0 bridgehead atoms. The summed E-state index contributed by atoms with van der Waals surface area (Å²) in [6.07, 6.45) is 8.69. The highest BCUT2D eigenvalue weighted by Gasteiger charge is 2.26. The van der Waals surface area contributed by atoms with Crippen LogP contribution in [0.25, 0.3) is 21.8 Å². The molecule has 10 nitrogen and oxygen atoms in total. The molecule has 0 aliphatic carbocycles. The van der Waals surface area contributed by atoms with Crippen LogP contribution in [0.4, 0.5) is 0 Å². The van der Waals surface area contributed by atoms with E-state index >= 15 is 0 Å². The first-order valence-electron chi connectivity index (χ1n) is 18.4. The first-order chi connectivity index (χ1) is 27.1. The van der Waals surface area contributed by atoms with E-state index in [1.165, 1.54) is 27.5 Å². The maximum atomic E-state index is 5.32. The maximum absolute atomic E-state index is 5.32. The van der Waals surface area contributed by atoms with Crippen LogP contribution in [0, 0.1) is 0 Å². The number of hydrogen-bond donors (Lipinski definition) is 0. The highest BCUT2D eigenvalue weighted by molar-refractivity contribution is 5.90. The predicted molar refractivity (Wildman–Crippen MR) is 214 cm³/mol. The van der Waals surface area contributed by atoms with Gasteiger partial charge in [0.2, 0.25) is 0 Å². The summed E-state index contributed by atoms with van der Waals surface area (Å²) in [6.45, 7) is 2.46. The summed E-state index contributed by atoms with van der Waals surface area (Å²) in [4.78, 5) is 0. The van der Waals surface area contributed by atoms with E-state index in [2.05, 4.69) is 145 Å². The Morgan fingerprint density at radius 2 is 0.909 bits per heavy atom. The average molecular weight is 725 g/mol. The van der Waals surface area contributed by atoms with Crippen LogP contribution in [0.1, 0.15) is 45.1 Å². The highest BCUT2D eigenvalue weighted by Crippen LogP contribution is 2.41. The first-order valence-corrected chi connectivity index (χ1v) is 18.4. The van der Waals surface area contributed by atoms with Gasteiger partial charge in [0.25, 0.3) is 0 Å². The van der Waals surface area contributed by atoms with Gasteiger partial charge in [-0.05, 0) is 64.2 Å². The molecule has 272 valence electrons. The monoisotopic (exact) mass is 724 g/mol. The topological polar surface area (TPSA) is 89.7 Å². The van der Waals surface area contributed by atoms with Gasteiger partial charge in [-0.3, -0.25) is 0 Å². The molecular formula is C45H40N8O2. The Hall–Kier alpha value is -6.94. The molecule has 55 heavy (non-hydrogen) atoms. The minimum atomic E-state index is -0.0324. The summed E-state index contributed by atoms with van der Waals surface area (Å²) in [5.74, 6) is 1.64. The van der Waals surface area contributed by atoms with Crippen LogP contribution in [0.2, 0.25) is 0 Å². The van der Waals surface area contributed by atoms with Gasteiger partial charge in [-0.25, -0.2) is 9.36 Å². The molecule has 0 fully saturated rings. The molecule has 0 unspecified atom stereocenters. The molecular weight excluding hydrogens is 685 g/mol. The van der Waals surface area contributed by atoms with Crippen molar-refractivity contribution in [3.05, 3.63) is 191 Å². The van der Waals surface area contributed by atoms with Gasteiger partial charge in [0, 0.05) is 40.1 Å². The van der Waals surface area contributed by atoms with E-state index in [0.29, 0.717) is 26.2 Å². The lowest BCUT2D eigenvalue weighted by Crippen LogP contribution is -2.04. The van der Waals surface area contributed by atoms with Crippen molar-refractivity contribution in [3.63, 3.8) is 0 Å². The van der Waals surface area contributed by atoms with E-state index in [0.717, 1.165) is 45.0 Å². The lowest BCUT2D eigenvalue weighted by atomic mass is 9.85. The Bertz CT molecular complexity index is 2520. The van der Waals surface area contributed by atoms with E-state index in [4.69, 9.17) is 9.47 Å². The Morgan fingerprint density at radius 1 is 0.473 bits per heavy atom. The van der Waals surface area contributed by atoms with Gasteiger partial charge in [-0.15, -0.1) is 10.2 Å². The summed E-state index contributed by atoms with van der Waals surface area (Å²) in [6, 6.07) is 44.2. The molecule has 9 rings (SSSR count). The molecule has 0 atom stereocenters. The van der Waals surface area contributed by atoms with Crippen LogP contribution in [0.15, 0.2) is 152 Å². The minimum Gasteiger partial charge on any atom is -0.497 e. The number of ether oxygens (including phenoxy) is 2. The molecule has 4 heterocycles. The number of nitrogens with zero attached hydrogens (tertiary/aromatic N) is 8. The number of benzene rings is 5. The molecule has 0 aliphatic rings. The van der Waals surface area contributed by atoms with E-state index in [1.54, 1.807) is 14.2 Å². The molecule has 4 aromatic heterocycles. The van der Waals surface area contributed by atoms with Crippen molar-refractivity contribution in [3.8, 4) is 11.5 Å². The van der Waals surface area contributed by atoms with Gasteiger partial charge >= 0.3 is 0 Å². The molecule has 0 N–H and O–H groups in total. The van der Waals surface area contributed by atoms with Crippen LogP contribution < -0.4 is 9.47 Å². The van der Waals surface area contributed by atoms with Crippen LogP contribution >= 0.6 is 0 Å². The summed E-state index contributed by atoms with van der Waals surface area (Å²) < 4.78 is 19.0. The van der Waals surface area contributed by atoms with Crippen molar-refractivity contribution in [2.45, 2.75) is 32.1 Å². The van der Waals surface area contributed by atoms with Crippen molar-refractivity contribution < 1.29 is 9.47 Å². The summed E-state index contributed by atoms with van der Waals surface area (Å²) in [7, 11) is 3.36. The normalized spacial score (nSPS) is 11.5. The maximum Gasteiger partial charge on any atom is 0.118 e. The lowest BCUT2D eigenvalue weighted by Gasteiger charge is -2.17. The zero-order valence-electron chi connectivity index (χ0n) is 30.7. The minimum absolute atomic E-state index is 0.0324. The molecule has 0 aliphatic heterocycles. The standard InChI is InChI=1S/C45H40N8O2/c1-54-37-20-16-32(17-21-37)24-52-28-35(46-48-52)26-50-30-41(39-12-6-8-14-43(39)50)45(34-10-4-3-5-11-34)42-31-51(44-15-9-7-13-40(42)44)27-36-29-53(49-47-36)25-33-18-22-38(55-2)23-19-33/h3-23,28-31,45H,24-27H2,1-2H3. The Kier molecular flexibility index (Phi) is 9.13. The largest absolute Gasteiger partial charge is 0.497 e. The smallest absolute Gasteiger partial charge is 0.118 e. The summed E-state index contributed by atoms with van der Waals surface area (Å²) >= 11 is 0. The van der Waals surface area contributed by atoms with Crippen molar-refractivity contribution >= 4 is 21.8 Å². The lowest BCUT2D eigenvalue weighted by molar-refractivity contribution is 0.414. The predicted octanol–water partition coefficient (Wildman–Crippen LogP) is 8.17. The second-order valence-corrected chi connectivity index (χ2v) is 13.8. The van der Waals surface area contributed by atoms with Crippen LogP contribution in [-0.2, 0) is 26.2 Å². The zero-order chi connectivity index (χ0) is 37.1. The number of para-hydroxylation sites is 2. The van der Waals surface area contributed by atoms with Gasteiger partial charge in [-0.1, -0.05) is 101 Å². The van der Waals surface area contributed by atoms with Crippen molar-refractivity contribution in [1.82, 2.24) is 39.1 Å². The van der Waals surface area contributed by atoms with Crippen molar-refractivity contribution in [2.75, 3.05) is 14.2 Å². The van der Waals surface area contributed by atoms with E-state index in [9.17, 15) is 0 Å².